The van der Waals surface area contributed by atoms with Crippen molar-refractivity contribution in [1.29, 1.82) is 0 Å². The molecule has 1 aromatic rings. The fraction of sp³-hybridized carbons (Fsp3) is 0.538. The van der Waals surface area contributed by atoms with E-state index < -0.39 is 0 Å². The van der Waals surface area contributed by atoms with Gasteiger partial charge in [-0.15, -0.1) is 11.6 Å². The molecule has 88 valence electrons. The minimum Gasteiger partial charge on any atom is -0.376 e. The molecule has 1 aliphatic heterocycles. The monoisotopic (exact) mass is 242 g/mol. The summed E-state index contributed by atoms with van der Waals surface area (Å²) in [5, 5.41) is -0.166. The minimum absolute atomic E-state index is 0.0749. The first-order valence-corrected chi connectivity index (χ1v) is 6.05. The molecule has 16 heavy (non-hydrogen) atoms. The van der Waals surface area contributed by atoms with E-state index in [1.54, 1.807) is 13.8 Å². The van der Waals surface area contributed by atoms with Crippen LogP contribution in [0.1, 0.15) is 34.9 Å². The molecule has 0 aromatic heterocycles. The summed E-state index contributed by atoms with van der Waals surface area (Å²) in [6.45, 7) is 4.32. The molecule has 1 nitrogen and oxygen atoms in total. The summed E-state index contributed by atoms with van der Waals surface area (Å²) >= 11 is 6.36. The van der Waals surface area contributed by atoms with Crippen LogP contribution >= 0.6 is 11.6 Å². The smallest absolute Gasteiger partial charge is 0.129 e. The number of halogens is 2. The third-order valence-electron chi connectivity index (χ3n) is 3.07. The molecule has 0 bridgehead atoms. The van der Waals surface area contributed by atoms with Gasteiger partial charge in [0.2, 0.25) is 0 Å². The fourth-order valence-corrected chi connectivity index (χ4v) is 2.51. The van der Waals surface area contributed by atoms with Gasteiger partial charge < -0.3 is 4.74 Å². The highest BCUT2D eigenvalue weighted by Gasteiger charge is 2.26. The maximum atomic E-state index is 13.5. The van der Waals surface area contributed by atoms with Crippen LogP contribution in [0.25, 0.3) is 0 Å². The number of hydrogen-bond donors (Lipinski definition) is 0. The summed E-state index contributed by atoms with van der Waals surface area (Å²) in [5.74, 6) is -0.139. The Kier molecular flexibility index (Phi) is 3.50. The van der Waals surface area contributed by atoms with Gasteiger partial charge in [-0.2, -0.15) is 0 Å². The summed E-state index contributed by atoms with van der Waals surface area (Å²) in [6, 6.07) is 3.64. The van der Waals surface area contributed by atoms with E-state index in [0.29, 0.717) is 11.1 Å². The first-order valence-electron chi connectivity index (χ1n) is 5.62. The van der Waals surface area contributed by atoms with Gasteiger partial charge in [0, 0.05) is 6.61 Å². The van der Waals surface area contributed by atoms with Gasteiger partial charge in [-0.05, 0) is 43.4 Å². The van der Waals surface area contributed by atoms with Crippen molar-refractivity contribution in [3.05, 3.63) is 34.6 Å². The van der Waals surface area contributed by atoms with Crippen LogP contribution in [-0.2, 0) is 4.74 Å². The predicted molar refractivity (Wildman–Crippen MR) is 63.4 cm³/mol. The number of rotatable bonds is 2. The Hall–Kier alpha value is -0.600. The second kappa shape index (κ2) is 4.72. The SMILES string of the molecule is Cc1cc(C(Cl)C2CCCO2)cc(C)c1F. The molecule has 0 aliphatic carbocycles. The molecule has 0 spiro atoms. The van der Waals surface area contributed by atoms with Gasteiger partial charge in [0.25, 0.3) is 0 Å². The zero-order valence-electron chi connectivity index (χ0n) is 9.59. The van der Waals surface area contributed by atoms with Crippen molar-refractivity contribution in [2.24, 2.45) is 0 Å². The fourth-order valence-electron chi connectivity index (χ4n) is 2.19. The molecule has 1 aliphatic rings. The van der Waals surface area contributed by atoms with Crippen molar-refractivity contribution in [1.82, 2.24) is 0 Å². The van der Waals surface area contributed by atoms with Gasteiger partial charge in [-0.1, -0.05) is 12.1 Å². The summed E-state index contributed by atoms with van der Waals surface area (Å²) in [4.78, 5) is 0. The summed E-state index contributed by atoms with van der Waals surface area (Å²) in [5.41, 5.74) is 2.27. The lowest BCUT2D eigenvalue weighted by Crippen LogP contribution is -2.13. The van der Waals surface area contributed by atoms with Crippen LogP contribution in [0.5, 0.6) is 0 Å². The highest BCUT2D eigenvalue weighted by atomic mass is 35.5. The van der Waals surface area contributed by atoms with E-state index in [-0.39, 0.29) is 17.3 Å². The molecule has 1 saturated heterocycles. The van der Waals surface area contributed by atoms with Crippen LogP contribution in [-0.4, -0.2) is 12.7 Å². The zero-order valence-corrected chi connectivity index (χ0v) is 10.4. The van der Waals surface area contributed by atoms with Crippen LogP contribution in [0.4, 0.5) is 4.39 Å². The van der Waals surface area contributed by atoms with Crippen molar-refractivity contribution in [3.63, 3.8) is 0 Å². The lowest BCUT2D eigenvalue weighted by molar-refractivity contribution is 0.107. The molecule has 1 heterocycles. The predicted octanol–water partition coefficient (Wildman–Crippen LogP) is 3.90. The Morgan fingerprint density at radius 3 is 2.50 bits per heavy atom. The third kappa shape index (κ3) is 2.23. The largest absolute Gasteiger partial charge is 0.376 e. The van der Waals surface area contributed by atoms with Crippen molar-refractivity contribution >= 4 is 11.6 Å². The highest BCUT2D eigenvalue weighted by Crippen LogP contribution is 2.33. The molecule has 0 amide bonds. The molecule has 0 N–H and O–H groups in total. The van der Waals surface area contributed by atoms with E-state index in [1.807, 2.05) is 12.1 Å². The highest BCUT2D eigenvalue weighted by molar-refractivity contribution is 6.21. The van der Waals surface area contributed by atoms with Gasteiger partial charge in [0.15, 0.2) is 0 Å². The normalized spacial score (nSPS) is 22.4. The van der Waals surface area contributed by atoms with E-state index in [9.17, 15) is 4.39 Å². The van der Waals surface area contributed by atoms with Crippen LogP contribution in [0, 0.1) is 19.7 Å². The minimum atomic E-state index is -0.166. The number of hydrogen-bond acceptors (Lipinski definition) is 1. The molecule has 1 fully saturated rings. The first kappa shape index (κ1) is 11.9. The molecule has 2 rings (SSSR count). The maximum Gasteiger partial charge on any atom is 0.129 e. The molecule has 0 radical (unpaired) electrons. The third-order valence-corrected chi connectivity index (χ3v) is 3.60. The number of alkyl halides is 1. The van der Waals surface area contributed by atoms with Gasteiger partial charge in [-0.3, -0.25) is 0 Å². The van der Waals surface area contributed by atoms with Crippen molar-refractivity contribution in [2.45, 2.75) is 38.2 Å². The Bertz CT molecular complexity index is 363. The first-order chi connectivity index (χ1) is 7.59. The van der Waals surface area contributed by atoms with Crippen LogP contribution < -0.4 is 0 Å². The quantitative estimate of drug-likeness (QED) is 0.715. The molecule has 3 heteroatoms. The Morgan fingerprint density at radius 1 is 1.38 bits per heavy atom. The summed E-state index contributed by atoms with van der Waals surface area (Å²) < 4.78 is 19.0. The van der Waals surface area contributed by atoms with Crippen molar-refractivity contribution < 1.29 is 9.13 Å². The number of aryl methyl sites for hydroxylation is 2. The molecule has 0 saturated carbocycles. The Labute approximate surface area is 101 Å². The van der Waals surface area contributed by atoms with E-state index in [1.165, 1.54) is 0 Å². The molecule has 2 unspecified atom stereocenters. The average Bonchev–Trinajstić information content (AvgIpc) is 2.77. The molecule has 1 aromatic carbocycles. The molecular formula is C13H16ClFO. The van der Waals surface area contributed by atoms with Crippen LogP contribution in [0.3, 0.4) is 0 Å². The number of ether oxygens (including phenoxy) is 1. The van der Waals surface area contributed by atoms with Crippen LogP contribution in [0.2, 0.25) is 0 Å². The summed E-state index contributed by atoms with van der Waals surface area (Å²) in [7, 11) is 0. The maximum absolute atomic E-state index is 13.5. The van der Waals surface area contributed by atoms with Crippen molar-refractivity contribution in [3.8, 4) is 0 Å². The Morgan fingerprint density at radius 2 is 2.00 bits per heavy atom. The Balaban J connectivity index is 2.26. The molecular weight excluding hydrogens is 227 g/mol. The lowest BCUT2D eigenvalue weighted by atomic mass is 10.00. The van der Waals surface area contributed by atoms with E-state index in [2.05, 4.69) is 0 Å². The van der Waals surface area contributed by atoms with Gasteiger partial charge in [0.05, 0.1) is 11.5 Å². The van der Waals surface area contributed by atoms with E-state index in [0.717, 1.165) is 25.0 Å². The summed E-state index contributed by atoms with van der Waals surface area (Å²) in [6.07, 6.45) is 2.13. The average molecular weight is 243 g/mol. The standard InChI is InChI=1S/C13H16ClFO/c1-8-6-10(7-9(2)13(8)15)12(14)11-4-3-5-16-11/h6-7,11-12H,3-5H2,1-2H3. The van der Waals surface area contributed by atoms with Crippen molar-refractivity contribution in [2.75, 3.05) is 6.61 Å². The van der Waals surface area contributed by atoms with Gasteiger partial charge in [0.1, 0.15) is 5.82 Å². The van der Waals surface area contributed by atoms with E-state index >= 15 is 0 Å². The lowest BCUT2D eigenvalue weighted by Gasteiger charge is -2.18. The van der Waals surface area contributed by atoms with E-state index in [4.69, 9.17) is 16.3 Å². The number of benzene rings is 1. The topological polar surface area (TPSA) is 9.23 Å². The zero-order chi connectivity index (χ0) is 11.7. The van der Waals surface area contributed by atoms with Gasteiger partial charge >= 0.3 is 0 Å². The van der Waals surface area contributed by atoms with Crippen LogP contribution in [0.15, 0.2) is 12.1 Å². The van der Waals surface area contributed by atoms with Gasteiger partial charge in [-0.25, -0.2) is 4.39 Å². The second-order valence-electron chi connectivity index (χ2n) is 4.42. The second-order valence-corrected chi connectivity index (χ2v) is 4.89. The molecule has 2 atom stereocenters.